The van der Waals surface area contributed by atoms with E-state index in [1.165, 1.54) is 17.7 Å². The van der Waals surface area contributed by atoms with Gasteiger partial charge in [-0.05, 0) is 49.2 Å². The minimum atomic E-state index is -1.24. The second-order valence-electron chi connectivity index (χ2n) is 7.21. The third-order valence-electron chi connectivity index (χ3n) is 4.95. The minimum absolute atomic E-state index is 0.337. The first kappa shape index (κ1) is 19.3. The van der Waals surface area contributed by atoms with Gasteiger partial charge in [-0.1, -0.05) is 72.3 Å². The summed E-state index contributed by atoms with van der Waals surface area (Å²) in [6, 6.07) is 24.3. The topological polar surface area (TPSA) is 23.5 Å². The lowest BCUT2D eigenvalue weighted by Crippen LogP contribution is -2.33. The highest BCUT2D eigenvalue weighted by atomic mass is 19.1. The first-order valence-electron chi connectivity index (χ1n) is 9.25. The molecule has 27 heavy (non-hydrogen) atoms. The Morgan fingerprint density at radius 1 is 0.889 bits per heavy atom. The van der Waals surface area contributed by atoms with Crippen LogP contribution in [0.1, 0.15) is 28.7 Å². The monoisotopic (exact) mass is 363 g/mol. The molecule has 0 bridgehead atoms. The van der Waals surface area contributed by atoms with Crippen molar-refractivity contribution in [1.82, 2.24) is 4.90 Å². The van der Waals surface area contributed by atoms with E-state index in [-0.39, 0.29) is 5.82 Å². The fourth-order valence-electron chi connectivity index (χ4n) is 3.43. The van der Waals surface area contributed by atoms with Crippen LogP contribution in [0.2, 0.25) is 0 Å². The molecule has 0 amide bonds. The minimum Gasteiger partial charge on any atom is -0.380 e. The number of nitrogens with zero attached hydrogens (tertiary/aromatic N) is 1. The van der Waals surface area contributed by atoms with E-state index in [4.69, 9.17) is 0 Å². The number of aliphatic hydroxyl groups is 1. The Hall–Kier alpha value is -2.49. The SMILES string of the molecule is Cc1cccc(C(O)(CCN(C)Cc2ccccc2)c2cccc(F)c2)c1. The second kappa shape index (κ2) is 8.47. The molecular weight excluding hydrogens is 337 g/mol. The third kappa shape index (κ3) is 4.82. The summed E-state index contributed by atoms with van der Waals surface area (Å²) < 4.78 is 13.9. The molecule has 2 nitrogen and oxygen atoms in total. The Labute approximate surface area is 160 Å². The molecule has 0 spiro atoms. The lowest BCUT2D eigenvalue weighted by molar-refractivity contribution is 0.0593. The van der Waals surface area contributed by atoms with Gasteiger partial charge in [0.1, 0.15) is 11.4 Å². The van der Waals surface area contributed by atoms with Gasteiger partial charge in [0, 0.05) is 13.1 Å². The van der Waals surface area contributed by atoms with Gasteiger partial charge in [0.25, 0.3) is 0 Å². The van der Waals surface area contributed by atoms with Crippen molar-refractivity contribution in [2.24, 2.45) is 0 Å². The number of rotatable bonds is 7. The van der Waals surface area contributed by atoms with E-state index in [0.717, 1.165) is 17.7 Å². The molecular formula is C24H26FNO. The zero-order valence-corrected chi connectivity index (χ0v) is 15.9. The van der Waals surface area contributed by atoms with Crippen molar-refractivity contribution in [2.75, 3.05) is 13.6 Å². The summed E-state index contributed by atoms with van der Waals surface area (Å²) in [5.74, 6) is -0.337. The molecule has 1 N–H and O–H groups in total. The van der Waals surface area contributed by atoms with Gasteiger partial charge in [-0.2, -0.15) is 0 Å². The van der Waals surface area contributed by atoms with Crippen molar-refractivity contribution < 1.29 is 9.50 Å². The maximum Gasteiger partial charge on any atom is 0.123 e. The summed E-state index contributed by atoms with van der Waals surface area (Å²) in [7, 11) is 2.04. The Morgan fingerprint density at radius 3 is 2.22 bits per heavy atom. The molecule has 0 aliphatic rings. The maximum absolute atomic E-state index is 13.9. The first-order valence-corrected chi connectivity index (χ1v) is 9.25. The highest BCUT2D eigenvalue weighted by Gasteiger charge is 2.32. The smallest absolute Gasteiger partial charge is 0.123 e. The fourth-order valence-corrected chi connectivity index (χ4v) is 3.43. The van der Waals surface area contributed by atoms with Gasteiger partial charge in [-0.3, -0.25) is 0 Å². The third-order valence-corrected chi connectivity index (χ3v) is 4.95. The predicted octanol–water partition coefficient (Wildman–Crippen LogP) is 4.89. The zero-order chi connectivity index (χ0) is 19.3. The van der Waals surface area contributed by atoms with E-state index in [2.05, 4.69) is 17.0 Å². The standard InChI is InChI=1S/C24H26FNO/c1-19-8-6-11-21(16-19)24(27,22-12-7-13-23(25)17-22)14-15-26(2)18-20-9-4-3-5-10-20/h3-13,16-17,27H,14-15,18H2,1-2H3. The zero-order valence-electron chi connectivity index (χ0n) is 15.9. The van der Waals surface area contributed by atoms with Crippen molar-refractivity contribution >= 4 is 0 Å². The van der Waals surface area contributed by atoms with Crippen LogP contribution in [-0.2, 0) is 12.1 Å². The van der Waals surface area contributed by atoms with E-state index < -0.39 is 5.60 Å². The average Bonchev–Trinajstić information content (AvgIpc) is 2.67. The molecule has 0 saturated heterocycles. The van der Waals surface area contributed by atoms with Crippen molar-refractivity contribution in [1.29, 1.82) is 0 Å². The Bertz CT molecular complexity index is 833. The van der Waals surface area contributed by atoms with Gasteiger partial charge in [-0.25, -0.2) is 4.39 Å². The van der Waals surface area contributed by atoms with Gasteiger partial charge >= 0.3 is 0 Å². The highest BCUT2D eigenvalue weighted by molar-refractivity contribution is 5.38. The number of benzene rings is 3. The van der Waals surface area contributed by atoms with Gasteiger partial charge in [-0.15, -0.1) is 0 Å². The average molecular weight is 363 g/mol. The molecule has 0 aromatic heterocycles. The van der Waals surface area contributed by atoms with E-state index >= 15 is 0 Å². The largest absolute Gasteiger partial charge is 0.380 e. The van der Waals surface area contributed by atoms with Crippen LogP contribution in [-0.4, -0.2) is 23.6 Å². The molecule has 0 aliphatic carbocycles. The van der Waals surface area contributed by atoms with Crippen LogP contribution in [0.15, 0.2) is 78.9 Å². The number of aryl methyl sites for hydroxylation is 1. The van der Waals surface area contributed by atoms with Gasteiger partial charge in [0.2, 0.25) is 0 Å². The summed E-state index contributed by atoms with van der Waals surface area (Å²) in [4.78, 5) is 2.18. The van der Waals surface area contributed by atoms with E-state index in [1.54, 1.807) is 12.1 Å². The van der Waals surface area contributed by atoms with E-state index in [9.17, 15) is 9.50 Å². The van der Waals surface area contributed by atoms with E-state index in [1.807, 2.05) is 56.4 Å². The number of halogens is 1. The fraction of sp³-hybridized carbons (Fsp3) is 0.250. The van der Waals surface area contributed by atoms with Crippen LogP contribution >= 0.6 is 0 Å². The molecule has 0 aliphatic heterocycles. The van der Waals surface area contributed by atoms with E-state index in [0.29, 0.717) is 18.5 Å². The molecule has 3 aromatic rings. The summed E-state index contributed by atoms with van der Waals surface area (Å²) >= 11 is 0. The maximum atomic E-state index is 13.9. The molecule has 3 heteroatoms. The Balaban J connectivity index is 1.84. The molecule has 140 valence electrons. The van der Waals surface area contributed by atoms with Crippen molar-refractivity contribution in [2.45, 2.75) is 25.5 Å². The summed E-state index contributed by atoms with van der Waals surface area (Å²) in [6.45, 7) is 3.47. The van der Waals surface area contributed by atoms with Crippen LogP contribution < -0.4 is 0 Å². The quantitative estimate of drug-likeness (QED) is 0.646. The number of hydrogen-bond donors (Lipinski definition) is 1. The molecule has 3 aromatic carbocycles. The normalized spacial score (nSPS) is 13.5. The van der Waals surface area contributed by atoms with Crippen LogP contribution in [0, 0.1) is 12.7 Å². The molecule has 0 saturated carbocycles. The number of hydrogen-bond acceptors (Lipinski definition) is 2. The van der Waals surface area contributed by atoms with Crippen molar-refractivity contribution in [3.8, 4) is 0 Å². The van der Waals surface area contributed by atoms with Crippen molar-refractivity contribution in [3.05, 3.63) is 107 Å². The summed E-state index contributed by atoms with van der Waals surface area (Å²) in [5, 5.41) is 11.6. The van der Waals surface area contributed by atoms with Gasteiger partial charge in [0.15, 0.2) is 0 Å². The van der Waals surface area contributed by atoms with Crippen LogP contribution in [0.5, 0.6) is 0 Å². The van der Waals surface area contributed by atoms with Crippen molar-refractivity contribution in [3.63, 3.8) is 0 Å². The molecule has 1 unspecified atom stereocenters. The lowest BCUT2D eigenvalue weighted by atomic mass is 9.83. The Kier molecular flexibility index (Phi) is 6.04. The molecule has 3 rings (SSSR count). The molecule has 0 heterocycles. The van der Waals surface area contributed by atoms with Gasteiger partial charge in [0.05, 0.1) is 0 Å². The Morgan fingerprint density at radius 2 is 1.56 bits per heavy atom. The first-order chi connectivity index (χ1) is 13.0. The molecule has 1 atom stereocenters. The second-order valence-corrected chi connectivity index (χ2v) is 7.21. The van der Waals surface area contributed by atoms with Crippen LogP contribution in [0.25, 0.3) is 0 Å². The van der Waals surface area contributed by atoms with Gasteiger partial charge < -0.3 is 10.0 Å². The lowest BCUT2D eigenvalue weighted by Gasteiger charge is -2.32. The molecule has 0 fully saturated rings. The summed E-state index contributed by atoms with van der Waals surface area (Å²) in [5.41, 5.74) is 2.44. The van der Waals surface area contributed by atoms with Crippen LogP contribution in [0.3, 0.4) is 0 Å². The highest BCUT2D eigenvalue weighted by Crippen LogP contribution is 2.34. The predicted molar refractivity (Wildman–Crippen MR) is 108 cm³/mol. The molecule has 0 radical (unpaired) electrons. The van der Waals surface area contributed by atoms with Crippen LogP contribution in [0.4, 0.5) is 4.39 Å². The summed E-state index contributed by atoms with van der Waals surface area (Å²) in [6.07, 6.45) is 0.475.